The summed E-state index contributed by atoms with van der Waals surface area (Å²) in [6, 6.07) is 3.59. The van der Waals surface area contributed by atoms with Crippen LogP contribution in [0.4, 0.5) is 15.8 Å². The van der Waals surface area contributed by atoms with E-state index in [1.807, 2.05) is 9.80 Å². The Hall–Kier alpha value is -2.66. The molecule has 1 fully saturated rings. The minimum Gasteiger partial charge on any atom is -0.365 e. The molecule has 1 aromatic rings. The fourth-order valence-corrected chi connectivity index (χ4v) is 2.69. The number of amides is 1. The molecule has 7 nitrogen and oxygen atoms in total. The van der Waals surface area contributed by atoms with Gasteiger partial charge in [0.2, 0.25) is 5.91 Å². The summed E-state index contributed by atoms with van der Waals surface area (Å²) in [5, 5.41) is 13.8. The smallest absolute Gasteiger partial charge is 0.295 e. The molecule has 1 aliphatic heterocycles. The maximum Gasteiger partial charge on any atom is 0.295 e. The largest absolute Gasteiger partial charge is 0.365 e. The van der Waals surface area contributed by atoms with E-state index in [0.717, 1.165) is 12.5 Å². The molecule has 1 heterocycles. The van der Waals surface area contributed by atoms with Gasteiger partial charge in [0.15, 0.2) is 0 Å². The molecular weight excluding hydrogens is 315 g/mol. The first kappa shape index (κ1) is 17.7. The molecule has 0 atom stereocenters. The number of nitrogens with one attached hydrogen (secondary N) is 1. The Morgan fingerprint density at radius 3 is 2.88 bits per heavy atom. The topological polar surface area (TPSA) is 78.7 Å². The second kappa shape index (κ2) is 8.26. The number of nitro groups is 1. The molecule has 0 unspecified atom stereocenters. The Morgan fingerprint density at radius 2 is 2.17 bits per heavy atom. The zero-order valence-corrected chi connectivity index (χ0v) is 13.2. The van der Waals surface area contributed by atoms with E-state index in [1.54, 1.807) is 0 Å². The van der Waals surface area contributed by atoms with Gasteiger partial charge in [0.25, 0.3) is 5.69 Å². The highest BCUT2D eigenvalue weighted by atomic mass is 19.1. The van der Waals surface area contributed by atoms with Gasteiger partial charge in [-0.1, -0.05) is 5.92 Å². The molecule has 128 valence electrons. The highest BCUT2D eigenvalue weighted by Crippen LogP contribution is 2.29. The van der Waals surface area contributed by atoms with Crippen LogP contribution in [0.5, 0.6) is 0 Å². The molecule has 24 heavy (non-hydrogen) atoms. The van der Waals surface area contributed by atoms with Crippen molar-refractivity contribution in [3.05, 3.63) is 34.1 Å². The summed E-state index contributed by atoms with van der Waals surface area (Å²) in [6.45, 7) is 2.85. The molecule has 2 rings (SSSR count). The summed E-state index contributed by atoms with van der Waals surface area (Å²) in [4.78, 5) is 26.1. The number of halogens is 1. The fourth-order valence-electron chi connectivity index (χ4n) is 2.69. The number of hydrogen-bond donors (Lipinski definition) is 1. The quantitative estimate of drug-likeness (QED) is 0.494. The van der Waals surface area contributed by atoms with Gasteiger partial charge in [-0.3, -0.25) is 19.8 Å². The second-order valence-electron chi connectivity index (χ2n) is 5.49. The van der Waals surface area contributed by atoms with Crippen LogP contribution in [0.2, 0.25) is 0 Å². The lowest BCUT2D eigenvalue weighted by atomic mass is 10.2. The van der Waals surface area contributed by atoms with Crippen molar-refractivity contribution in [1.29, 1.82) is 0 Å². The lowest BCUT2D eigenvalue weighted by Gasteiger charge is -2.23. The van der Waals surface area contributed by atoms with Crippen molar-refractivity contribution < 1.29 is 14.1 Å². The first-order chi connectivity index (χ1) is 11.5. The Bertz CT molecular complexity index is 659. The van der Waals surface area contributed by atoms with Crippen LogP contribution in [0.15, 0.2) is 18.2 Å². The Labute approximate surface area is 139 Å². The molecule has 0 bridgehead atoms. The molecule has 0 aromatic heterocycles. The summed E-state index contributed by atoms with van der Waals surface area (Å²) < 4.78 is 13.3. The van der Waals surface area contributed by atoms with E-state index in [9.17, 15) is 19.3 Å². The Balaban J connectivity index is 2.02. The van der Waals surface area contributed by atoms with Crippen LogP contribution in [0.25, 0.3) is 0 Å². The molecular formula is C16H19FN4O3. The van der Waals surface area contributed by atoms with Crippen molar-refractivity contribution in [3.8, 4) is 12.3 Å². The zero-order chi connectivity index (χ0) is 17.5. The van der Waals surface area contributed by atoms with Crippen LogP contribution < -0.4 is 10.2 Å². The second-order valence-corrected chi connectivity index (χ2v) is 5.49. The van der Waals surface area contributed by atoms with Gasteiger partial charge < -0.3 is 10.2 Å². The number of nitro benzene ring substituents is 1. The number of benzene rings is 1. The minimum atomic E-state index is -0.632. The van der Waals surface area contributed by atoms with E-state index < -0.39 is 10.7 Å². The maximum absolute atomic E-state index is 13.3. The van der Waals surface area contributed by atoms with Crippen molar-refractivity contribution in [3.63, 3.8) is 0 Å². The number of anilines is 1. The molecule has 0 saturated carbocycles. The number of nitrogens with zero attached hydrogens (tertiary/aromatic N) is 3. The van der Waals surface area contributed by atoms with Gasteiger partial charge in [0.1, 0.15) is 11.5 Å². The van der Waals surface area contributed by atoms with E-state index in [0.29, 0.717) is 31.9 Å². The number of hydrogen-bond acceptors (Lipinski definition) is 5. The van der Waals surface area contributed by atoms with Gasteiger partial charge in [-0.2, -0.15) is 0 Å². The van der Waals surface area contributed by atoms with Crippen LogP contribution in [0.1, 0.15) is 6.42 Å². The fraction of sp³-hybridized carbons (Fsp3) is 0.438. The SMILES string of the molecule is C#CCNC(=O)CN1CCCN(c2ccc(F)cc2[N+](=O)[O-])CC1. The highest BCUT2D eigenvalue weighted by Gasteiger charge is 2.23. The van der Waals surface area contributed by atoms with E-state index >= 15 is 0 Å². The lowest BCUT2D eigenvalue weighted by molar-refractivity contribution is -0.384. The molecule has 1 aliphatic rings. The average Bonchev–Trinajstić information content (AvgIpc) is 2.78. The van der Waals surface area contributed by atoms with Crippen LogP contribution in [0.3, 0.4) is 0 Å². The van der Waals surface area contributed by atoms with Gasteiger partial charge in [0.05, 0.1) is 24.1 Å². The third-order valence-corrected chi connectivity index (χ3v) is 3.82. The third-order valence-electron chi connectivity index (χ3n) is 3.82. The summed E-state index contributed by atoms with van der Waals surface area (Å²) in [5.74, 6) is 1.57. The first-order valence-corrected chi connectivity index (χ1v) is 7.62. The molecule has 0 radical (unpaired) electrons. The van der Waals surface area contributed by atoms with E-state index in [2.05, 4.69) is 11.2 Å². The third kappa shape index (κ3) is 4.67. The van der Waals surface area contributed by atoms with Crippen molar-refractivity contribution >= 4 is 17.3 Å². The van der Waals surface area contributed by atoms with Crippen molar-refractivity contribution in [2.75, 3.05) is 44.2 Å². The Kier molecular flexibility index (Phi) is 6.09. The van der Waals surface area contributed by atoms with E-state index in [-0.39, 0.29) is 24.7 Å². The normalized spacial score (nSPS) is 15.4. The van der Waals surface area contributed by atoms with Gasteiger partial charge in [-0.25, -0.2) is 4.39 Å². The standard InChI is InChI=1S/C16H19FN4O3/c1-2-6-18-16(22)12-19-7-3-8-20(10-9-19)14-5-4-13(17)11-15(14)21(23)24/h1,4-5,11H,3,6-10,12H2,(H,18,22). The van der Waals surface area contributed by atoms with Crippen molar-refractivity contribution in [2.24, 2.45) is 0 Å². The molecule has 0 aliphatic carbocycles. The van der Waals surface area contributed by atoms with Crippen LogP contribution >= 0.6 is 0 Å². The van der Waals surface area contributed by atoms with Gasteiger partial charge in [-0.05, 0) is 18.6 Å². The van der Waals surface area contributed by atoms with Gasteiger partial charge in [0, 0.05) is 26.2 Å². The minimum absolute atomic E-state index is 0.144. The van der Waals surface area contributed by atoms with Crippen LogP contribution in [-0.4, -0.2) is 55.0 Å². The molecule has 0 spiro atoms. The predicted octanol–water partition coefficient (Wildman–Crippen LogP) is 0.995. The average molecular weight is 334 g/mol. The monoisotopic (exact) mass is 334 g/mol. The predicted molar refractivity (Wildman–Crippen MR) is 88.2 cm³/mol. The van der Waals surface area contributed by atoms with Crippen molar-refractivity contribution in [2.45, 2.75) is 6.42 Å². The first-order valence-electron chi connectivity index (χ1n) is 7.62. The summed E-state index contributed by atoms with van der Waals surface area (Å²) in [6.07, 6.45) is 5.85. The van der Waals surface area contributed by atoms with E-state index in [4.69, 9.17) is 6.42 Å². The number of carbonyl (C=O) groups is 1. The molecule has 1 saturated heterocycles. The summed E-state index contributed by atoms with van der Waals surface area (Å²) in [5.41, 5.74) is 0.162. The lowest BCUT2D eigenvalue weighted by Crippen LogP contribution is -2.39. The number of carbonyl (C=O) groups excluding carboxylic acids is 1. The summed E-state index contributed by atoms with van der Waals surface area (Å²) in [7, 11) is 0. The number of rotatable bonds is 5. The maximum atomic E-state index is 13.3. The highest BCUT2D eigenvalue weighted by molar-refractivity contribution is 5.78. The molecule has 1 aromatic carbocycles. The van der Waals surface area contributed by atoms with Crippen LogP contribution in [-0.2, 0) is 4.79 Å². The molecule has 1 amide bonds. The Morgan fingerprint density at radius 1 is 1.38 bits per heavy atom. The zero-order valence-electron chi connectivity index (χ0n) is 13.2. The number of terminal acetylenes is 1. The molecule has 1 N–H and O–H groups in total. The van der Waals surface area contributed by atoms with Crippen molar-refractivity contribution in [1.82, 2.24) is 10.2 Å². The summed E-state index contributed by atoms with van der Waals surface area (Å²) >= 11 is 0. The van der Waals surface area contributed by atoms with Gasteiger partial charge in [-0.15, -0.1) is 6.42 Å². The van der Waals surface area contributed by atoms with Crippen LogP contribution in [0, 0.1) is 28.3 Å². The van der Waals surface area contributed by atoms with E-state index in [1.165, 1.54) is 12.1 Å². The van der Waals surface area contributed by atoms with Gasteiger partial charge >= 0.3 is 0 Å². The molecule has 8 heteroatoms.